The highest BCUT2D eigenvalue weighted by Crippen LogP contribution is 2.35. The van der Waals surface area contributed by atoms with Gasteiger partial charge in [0.05, 0.1) is 14.2 Å². The highest BCUT2D eigenvalue weighted by atomic mass is 32.2. The number of sulfonamides is 1. The molecule has 2 aromatic carbocycles. The van der Waals surface area contributed by atoms with Crippen LogP contribution in [0.3, 0.4) is 0 Å². The number of aromatic nitrogens is 2. The van der Waals surface area contributed by atoms with Crippen LogP contribution in [0.2, 0.25) is 0 Å². The SMILES string of the molecule is COc1ccc(OC)c(S(=O)(=O)N2CCC(c3noc(-c4ccccc4C)n3)CC2)c1. The van der Waals surface area contributed by atoms with Crippen molar-refractivity contribution < 1.29 is 22.4 Å². The van der Waals surface area contributed by atoms with E-state index in [1.54, 1.807) is 12.1 Å². The van der Waals surface area contributed by atoms with Crippen LogP contribution in [0.5, 0.6) is 11.5 Å². The van der Waals surface area contributed by atoms with Crippen LogP contribution in [0.4, 0.5) is 0 Å². The summed E-state index contributed by atoms with van der Waals surface area (Å²) in [6.07, 6.45) is 1.22. The average Bonchev–Trinajstić information content (AvgIpc) is 3.29. The number of piperidine rings is 1. The summed E-state index contributed by atoms with van der Waals surface area (Å²) in [5.74, 6) is 1.91. The Kier molecular flexibility index (Phi) is 5.97. The molecule has 1 aromatic heterocycles. The van der Waals surface area contributed by atoms with Crippen LogP contribution in [0.25, 0.3) is 11.5 Å². The lowest BCUT2D eigenvalue weighted by Gasteiger charge is -2.30. The van der Waals surface area contributed by atoms with Gasteiger partial charge in [-0.25, -0.2) is 8.42 Å². The van der Waals surface area contributed by atoms with Crippen molar-refractivity contribution in [1.29, 1.82) is 0 Å². The lowest BCUT2D eigenvalue weighted by molar-refractivity contribution is 0.305. The Morgan fingerprint density at radius 3 is 2.48 bits per heavy atom. The van der Waals surface area contributed by atoms with Crippen LogP contribution >= 0.6 is 0 Å². The Morgan fingerprint density at radius 2 is 1.81 bits per heavy atom. The van der Waals surface area contributed by atoms with Crippen molar-refractivity contribution in [1.82, 2.24) is 14.4 Å². The van der Waals surface area contributed by atoms with Gasteiger partial charge in [-0.1, -0.05) is 23.4 Å². The zero-order valence-electron chi connectivity index (χ0n) is 17.7. The van der Waals surface area contributed by atoms with Gasteiger partial charge in [-0.15, -0.1) is 0 Å². The fourth-order valence-corrected chi connectivity index (χ4v) is 5.44. The van der Waals surface area contributed by atoms with Crippen molar-refractivity contribution in [2.45, 2.75) is 30.6 Å². The third-order valence-corrected chi connectivity index (χ3v) is 7.54. The Morgan fingerprint density at radius 1 is 1.06 bits per heavy atom. The van der Waals surface area contributed by atoms with Crippen molar-refractivity contribution in [3.63, 3.8) is 0 Å². The average molecular weight is 444 g/mol. The molecule has 1 saturated heterocycles. The second-order valence-electron chi connectivity index (χ2n) is 7.47. The third-order valence-electron chi connectivity index (χ3n) is 5.62. The van der Waals surface area contributed by atoms with Gasteiger partial charge in [0.1, 0.15) is 16.4 Å². The Hall–Kier alpha value is -2.91. The first-order chi connectivity index (χ1) is 14.9. The molecule has 3 aromatic rings. The van der Waals surface area contributed by atoms with Gasteiger partial charge in [0.2, 0.25) is 10.0 Å². The van der Waals surface area contributed by atoms with Crippen LogP contribution in [0.1, 0.15) is 30.1 Å². The summed E-state index contributed by atoms with van der Waals surface area (Å²) in [6.45, 7) is 2.72. The molecule has 0 N–H and O–H groups in total. The molecule has 0 radical (unpaired) electrons. The molecule has 0 spiro atoms. The zero-order valence-corrected chi connectivity index (χ0v) is 18.6. The summed E-state index contributed by atoms with van der Waals surface area (Å²) >= 11 is 0. The summed E-state index contributed by atoms with van der Waals surface area (Å²) in [7, 11) is -0.769. The Bertz CT molecular complexity index is 1170. The topological polar surface area (TPSA) is 94.8 Å². The third kappa shape index (κ3) is 4.15. The lowest BCUT2D eigenvalue weighted by Crippen LogP contribution is -2.38. The standard InChI is InChI=1S/C22H25N3O5S/c1-15-6-4-5-7-18(15)22-23-21(24-30-22)16-10-12-25(13-11-16)31(26,27)20-14-17(28-2)8-9-19(20)29-3/h4-9,14,16H,10-13H2,1-3H3. The molecule has 0 aliphatic carbocycles. The number of hydrogen-bond acceptors (Lipinski definition) is 7. The molecule has 1 aliphatic heterocycles. The number of hydrogen-bond donors (Lipinski definition) is 0. The zero-order chi connectivity index (χ0) is 22.0. The molecule has 9 heteroatoms. The largest absolute Gasteiger partial charge is 0.497 e. The molecule has 4 rings (SSSR count). The van der Waals surface area contributed by atoms with Gasteiger partial charge in [0.15, 0.2) is 5.82 Å². The van der Waals surface area contributed by atoms with E-state index in [4.69, 9.17) is 14.0 Å². The van der Waals surface area contributed by atoms with Crippen LogP contribution in [-0.4, -0.2) is 50.2 Å². The first-order valence-electron chi connectivity index (χ1n) is 10.1. The molecule has 0 atom stereocenters. The molecule has 8 nitrogen and oxygen atoms in total. The molecule has 164 valence electrons. The van der Waals surface area contributed by atoms with Crippen molar-refractivity contribution in [2.75, 3.05) is 27.3 Å². The van der Waals surface area contributed by atoms with Crippen LogP contribution in [-0.2, 0) is 10.0 Å². The minimum atomic E-state index is -3.72. The summed E-state index contributed by atoms with van der Waals surface area (Å²) < 4.78 is 43.9. The van der Waals surface area contributed by atoms with E-state index in [0.29, 0.717) is 49.1 Å². The number of methoxy groups -OCH3 is 2. The van der Waals surface area contributed by atoms with Crippen molar-refractivity contribution >= 4 is 10.0 Å². The van der Waals surface area contributed by atoms with E-state index in [2.05, 4.69) is 10.1 Å². The normalized spacial score (nSPS) is 15.7. The predicted octanol–water partition coefficient (Wildman–Crippen LogP) is 3.63. The van der Waals surface area contributed by atoms with Crippen LogP contribution in [0, 0.1) is 6.92 Å². The highest BCUT2D eigenvalue weighted by Gasteiger charge is 2.34. The fourth-order valence-electron chi connectivity index (χ4n) is 3.80. The van der Waals surface area contributed by atoms with E-state index in [0.717, 1.165) is 11.1 Å². The van der Waals surface area contributed by atoms with Crippen LogP contribution < -0.4 is 9.47 Å². The van der Waals surface area contributed by atoms with Crippen molar-refractivity contribution in [3.05, 3.63) is 53.9 Å². The Labute approximate surface area is 181 Å². The van der Waals surface area contributed by atoms with Crippen molar-refractivity contribution in [3.8, 4) is 23.0 Å². The van der Waals surface area contributed by atoms with E-state index >= 15 is 0 Å². The summed E-state index contributed by atoms with van der Waals surface area (Å²) in [6, 6.07) is 12.6. The number of aryl methyl sites for hydroxylation is 1. The maximum atomic E-state index is 13.2. The number of rotatable bonds is 6. The molecule has 2 heterocycles. The van der Waals surface area contributed by atoms with E-state index in [1.807, 2.05) is 31.2 Å². The van der Waals surface area contributed by atoms with Gasteiger partial charge in [-0.3, -0.25) is 0 Å². The molecule has 0 amide bonds. The lowest BCUT2D eigenvalue weighted by atomic mass is 9.97. The molecule has 0 unspecified atom stereocenters. The molecule has 1 aliphatic rings. The van der Waals surface area contributed by atoms with E-state index in [-0.39, 0.29) is 10.8 Å². The molecule has 0 bridgehead atoms. The molecular weight excluding hydrogens is 418 g/mol. The van der Waals surface area contributed by atoms with Gasteiger partial charge in [0.25, 0.3) is 5.89 Å². The minimum Gasteiger partial charge on any atom is -0.497 e. The quantitative estimate of drug-likeness (QED) is 0.574. The van der Waals surface area contributed by atoms with Crippen LogP contribution in [0.15, 0.2) is 51.9 Å². The molecular formula is C22H25N3O5S. The van der Waals surface area contributed by atoms with Gasteiger partial charge < -0.3 is 14.0 Å². The summed E-state index contributed by atoms with van der Waals surface area (Å²) in [4.78, 5) is 4.68. The monoisotopic (exact) mass is 443 g/mol. The minimum absolute atomic E-state index is 0.0418. The second kappa shape index (κ2) is 8.68. The van der Waals surface area contributed by atoms with Gasteiger partial charge in [-0.2, -0.15) is 9.29 Å². The van der Waals surface area contributed by atoms with Gasteiger partial charge in [0, 0.05) is 30.6 Å². The Balaban J connectivity index is 1.50. The smallest absolute Gasteiger partial charge is 0.258 e. The number of benzene rings is 2. The number of ether oxygens (including phenoxy) is 2. The maximum absolute atomic E-state index is 13.2. The predicted molar refractivity (Wildman–Crippen MR) is 115 cm³/mol. The van der Waals surface area contributed by atoms with E-state index in [9.17, 15) is 8.42 Å². The second-order valence-corrected chi connectivity index (χ2v) is 9.37. The van der Waals surface area contributed by atoms with Gasteiger partial charge in [-0.05, 0) is 43.5 Å². The van der Waals surface area contributed by atoms with Crippen molar-refractivity contribution in [2.24, 2.45) is 0 Å². The first kappa shape index (κ1) is 21.3. The summed E-state index contributed by atoms with van der Waals surface area (Å²) in [5, 5.41) is 4.16. The first-order valence-corrected chi connectivity index (χ1v) is 11.5. The number of nitrogens with zero attached hydrogens (tertiary/aromatic N) is 3. The van der Waals surface area contributed by atoms with Gasteiger partial charge >= 0.3 is 0 Å². The van der Waals surface area contributed by atoms with E-state index in [1.165, 1.54) is 24.6 Å². The highest BCUT2D eigenvalue weighted by molar-refractivity contribution is 7.89. The van der Waals surface area contributed by atoms with E-state index < -0.39 is 10.0 Å². The fraction of sp³-hybridized carbons (Fsp3) is 0.364. The molecule has 31 heavy (non-hydrogen) atoms. The maximum Gasteiger partial charge on any atom is 0.258 e. The molecule has 1 fully saturated rings. The molecule has 0 saturated carbocycles. The summed E-state index contributed by atoms with van der Waals surface area (Å²) in [5.41, 5.74) is 1.97.